The van der Waals surface area contributed by atoms with Crippen LogP contribution in [0.4, 0.5) is 5.13 Å². The number of hydrogen-bond acceptors (Lipinski definition) is 6. The molecule has 1 aromatic heterocycles. The maximum absolute atomic E-state index is 12.7. The van der Waals surface area contributed by atoms with Gasteiger partial charge in [-0.05, 0) is 62.8 Å². The van der Waals surface area contributed by atoms with E-state index in [0.717, 1.165) is 54.4 Å². The number of ether oxygens (including phenoxy) is 2. The van der Waals surface area contributed by atoms with Gasteiger partial charge in [0.15, 0.2) is 16.6 Å². The molecule has 7 heteroatoms. The summed E-state index contributed by atoms with van der Waals surface area (Å²) in [6.07, 6.45) is 6.67. The van der Waals surface area contributed by atoms with E-state index in [0.29, 0.717) is 6.54 Å². The van der Waals surface area contributed by atoms with Gasteiger partial charge in [-0.1, -0.05) is 6.07 Å². The second kappa shape index (κ2) is 8.49. The second-order valence-corrected chi connectivity index (χ2v) is 8.47. The predicted octanol–water partition coefficient (Wildman–Crippen LogP) is 3.81. The number of nitrogens with one attached hydrogen (secondary N) is 1. The Bertz CT molecular complexity index is 828. The van der Waals surface area contributed by atoms with Gasteiger partial charge in [-0.2, -0.15) is 0 Å². The summed E-state index contributed by atoms with van der Waals surface area (Å²) in [6, 6.07) is 6.24. The van der Waals surface area contributed by atoms with Crippen LogP contribution in [-0.2, 0) is 17.6 Å². The number of carbonyl (C=O) groups excluding carboxylic acids is 1. The lowest BCUT2D eigenvalue weighted by Gasteiger charge is -2.24. The third-order valence-electron chi connectivity index (χ3n) is 5.59. The summed E-state index contributed by atoms with van der Waals surface area (Å²) in [5.74, 6) is 1.46. The van der Waals surface area contributed by atoms with Crippen LogP contribution in [0, 0.1) is 0 Å². The summed E-state index contributed by atoms with van der Waals surface area (Å²) in [4.78, 5) is 20.9. The Labute approximate surface area is 169 Å². The first-order valence-corrected chi connectivity index (χ1v) is 10.7. The summed E-state index contributed by atoms with van der Waals surface area (Å²) in [6.45, 7) is 1.30. The number of benzene rings is 1. The molecular weight excluding hydrogens is 374 g/mol. The summed E-state index contributed by atoms with van der Waals surface area (Å²) >= 11 is 1.64. The molecule has 1 N–H and O–H groups in total. The van der Waals surface area contributed by atoms with Crippen molar-refractivity contribution in [3.05, 3.63) is 34.3 Å². The fraction of sp³-hybridized carbons (Fsp3) is 0.524. The van der Waals surface area contributed by atoms with Crippen molar-refractivity contribution in [2.45, 2.75) is 44.6 Å². The van der Waals surface area contributed by atoms with Crippen LogP contribution in [-0.4, -0.2) is 43.1 Å². The van der Waals surface area contributed by atoms with Crippen molar-refractivity contribution >= 4 is 22.4 Å². The first-order chi connectivity index (χ1) is 13.7. The number of amides is 1. The molecule has 2 aliphatic rings. The second-order valence-electron chi connectivity index (χ2n) is 7.39. The Morgan fingerprint density at radius 3 is 2.82 bits per heavy atom. The summed E-state index contributed by atoms with van der Waals surface area (Å²) < 4.78 is 10.8. The van der Waals surface area contributed by atoms with Crippen LogP contribution in [0.5, 0.6) is 11.5 Å². The van der Waals surface area contributed by atoms with E-state index < -0.39 is 0 Å². The fourth-order valence-corrected chi connectivity index (χ4v) is 5.27. The first-order valence-electron chi connectivity index (χ1n) is 9.92. The molecular formula is C21H27N3O3S. The molecule has 6 nitrogen and oxygen atoms in total. The molecule has 1 aliphatic carbocycles. The number of fused-ring (bicyclic) bond motifs is 1. The lowest BCUT2D eigenvalue weighted by atomic mass is 10.0. The van der Waals surface area contributed by atoms with Gasteiger partial charge in [0.2, 0.25) is 5.91 Å². The van der Waals surface area contributed by atoms with Gasteiger partial charge in [-0.3, -0.25) is 9.69 Å². The van der Waals surface area contributed by atoms with Crippen LogP contribution >= 0.6 is 11.3 Å². The number of methoxy groups -OCH3 is 2. The fourth-order valence-electron chi connectivity index (χ4n) is 4.20. The van der Waals surface area contributed by atoms with E-state index in [1.807, 2.05) is 12.1 Å². The highest BCUT2D eigenvalue weighted by Crippen LogP contribution is 2.37. The Morgan fingerprint density at radius 2 is 2.04 bits per heavy atom. The Hall–Kier alpha value is -2.12. The molecule has 28 heavy (non-hydrogen) atoms. The maximum Gasteiger partial charge on any atom is 0.240 e. The number of likely N-dealkylation sites (tertiary alicyclic amines) is 1. The van der Waals surface area contributed by atoms with Gasteiger partial charge >= 0.3 is 0 Å². The molecule has 0 unspecified atom stereocenters. The summed E-state index contributed by atoms with van der Waals surface area (Å²) in [5, 5.41) is 3.77. The van der Waals surface area contributed by atoms with Crippen molar-refractivity contribution in [2.75, 3.05) is 32.6 Å². The maximum atomic E-state index is 12.7. The van der Waals surface area contributed by atoms with Gasteiger partial charge in [-0.15, -0.1) is 11.3 Å². The van der Waals surface area contributed by atoms with Gasteiger partial charge in [0, 0.05) is 10.9 Å². The van der Waals surface area contributed by atoms with Crippen LogP contribution in [0.15, 0.2) is 18.2 Å². The Morgan fingerprint density at radius 1 is 1.21 bits per heavy atom. The van der Waals surface area contributed by atoms with Gasteiger partial charge in [0.25, 0.3) is 0 Å². The van der Waals surface area contributed by atoms with Gasteiger partial charge in [-0.25, -0.2) is 4.98 Å². The third-order valence-corrected chi connectivity index (χ3v) is 6.67. The Balaban J connectivity index is 1.42. The molecule has 1 atom stereocenters. The molecule has 0 saturated carbocycles. The van der Waals surface area contributed by atoms with Gasteiger partial charge < -0.3 is 14.8 Å². The van der Waals surface area contributed by atoms with E-state index >= 15 is 0 Å². The smallest absolute Gasteiger partial charge is 0.240 e. The number of rotatable bonds is 6. The van der Waals surface area contributed by atoms with Crippen molar-refractivity contribution in [3.63, 3.8) is 0 Å². The molecule has 0 spiro atoms. The van der Waals surface area contributed by atoms with Gasteiger partial charge in [0.05, 0.1) is 26.5 Å². The third kappa shape index (κ3) is 4.00. The number of thiazole rings is 1. The number of carbonyl (C=O) groups is 1. The van der Waals surface area contributed by atoms with Crippen molar-refractivity contribution in [1.82, 2.24) is 9.88 Å². The number of nitrogens with zero attached hydrogens (tertiary/aromatic N) is 2. The summed E-state index contributed by atoms with van der Waals surface area (Å²) in [7, 11) is 3.29. The van der Waals surface area contributed by atoms with E-state index in [1.165, 1.54) is 23.4 Å². The zero-order valence-corrected chi connectivity index (χ0v) is 17.3. The lowest BCUT2D eigenvalue weighted by molar-refractivity contribution is -0.117. The number of aromatic nitrogens is 1. The molecule has 1 fully saturated rings. The van der Waals surface area contributed by atoms with E-state index in [2.05, 4.69) is 21.3 Å². The standard InChI is InChI=1S/C21H27N3O3S/c1-26-17-10-9-14(12-18(17)27-2)16-7-5-11-24(16)13-20(25)23-21-22-15-6-3-4-8-19(15)28-21/h9-10,12,16H,3-8,11,13H2,1-2H3,(H,22,23,25)/t16-/m1/s1. The SMILES string of the molecule is COc1ccc([C@H]2CCCN2CC(=O)Nc2nc3c(s2)CCCC3)cc1OC. The highest BCUT2D eigenvalue weighted by molar-refractivity contribution is 7.15. The van der Waals surface area contributed by atoms with Crippen molar-refractivity contribution in [3.8, 4) is 11.5 Å². The van der Waals surface area contributed by atoms with E-state index in [4.69, 9.17) is 9.47 Å². The topological polar surface area (TPSA) is 63.7 Å². The summed E-state index contributed by atoms with van der Waals surface area (Å²) in [5.41, 5.74) is 2.34. The molecule has 0 bridgehead atoms. The quantitative estimate of drug-likeness (QED) is 0.797. The average molecular weight is 402 g/mol. The van der Waals surface area contributed by atoms with Crippen LogP contribution in [0.2, 0.25) is 0 Å². The molecule has 1 saturated heterocycles. The van der Waals surface area contributed by atoms with Crippen LogP contribution in [0.3, 0.4) is 0 Å². The molecule has 1 aromatic carbocycles. The first kappa shape index (κ1) is 19.2. The van der Waals surface area contributed by atoms with E-state index in [1.54, 1.807) is 25.6 Å². The highest BCUT2D eigenvalue weighted by atomic mass is 32.1. The van der Waals surface area contributed by atoms with Crippen LogP contribution < -0.4 is 14.8 Å². The average Bonchev–Trinajstić information content (AvgIpc) is 3.33. The lowest BCUT2D eigenvalue weighted by Crippen LogP contribution is -2.32. The van der Waals surface area contributed by atoms with E-state index in [-0.39, 0.29) is 11.9 Å². The molecule has 2 heterocycles. The van der Waals surface area contributed by atoms with Crippen molar-refractivity contribution in [2.24, 2.45) is 0 Å². The highest BCUT2D eigenvalue weighted by Gasteiger charge is 2.28. The Kier molecular flexibility index (Phi) is 5.82. The van der Waals surface area contributed by atoms with Crippen LogP contribution in [0.25, 0.3) is 0 Å². The number of hydrogen-bond donors (Lipinski definition) is 1. The monoisotopic (exact) mass is 401 g/mol. The minimum absolute atomic E-state index is 0.0125. The molecule has 0 radical (unpaired) electrons. The largest absolute Gasteiger partial charge is 0.493 e. The molecule has 150 valence electrons. The number of anilines is 1. The molecule has 2 aromatic rings. The molecule has 4 rings (SSSR count). The molecule has 1 aliphatic heterocycles. The number of aryl methyl sites for hydroxylation is 2. The van der Waals surface area contributed by atoms with Crippen molar-refractivity contribution < 1.29 is 14.3 Å². The minimum atomic E-state index is 0.0125. The van der Waals surface area contributed by atoms with Crippen LogP contribution in [0.1, 0.15) is 47.9 Å². The van der Waals surface area contributed by atoms with Gasteiger partial charge in [0.1, 0.15) is 0 Å². The normalized spacial score (nSPS) is 19.3. The zero-order valence-electron chi connectivity index (χ0n) is 16.5. The predicted molar refractivity (Wildman–Crippen MR) is 110 cm³/mol. The zero-order chi connectivity index (χ0) is 19.5. The van der Waals surface area contributed by atoms with E-state index in [9.17, 15) is 4.79 Å². The van der Waals surface area contributed by atoms with Crippen molar-refractivity contribution in [1.29, 1.82) is 0 Å². The molecule has 1 amide bonds. The minimum Gasteiger partial charge on any atom is -0.493 e.